The van der Waals surface area contributed by atoms with E-state index in [1.165, 1.54) is 141 Å². The van der Waals surface area contributed by atoms with E-state index < -0.39 is 0 Å². The molecule has 0 bridgehead atoms. The first-order chi connectivity index (χ1) is 21.3. The Labute approximate surface area is 274 Å². The Hall–Kier alpha value is -0.830. The summed E-state index contributed by atoms with van der Waals surface area (Å²) >= 11 is 6.12. The van der Waals surface area contributed by atoms with E-state index in [0.29, 0.717) is 12.5 Å². The molecule has 1 rings (SSSR count). The molecule has 1 atom stereocenters. The Morgan fingerprint density at radius 1 is 0.512 bits per heavy atom. The van der Waals surface area contributed by atoms with E-state index in [0.717, 1.165) is 25.7 Å². The van der Waals surface area contributed by atoms with E-state index in [9.17, 15) is 0 Å². The highest BCUT2D eigenvalue weighted by Gasteiger charge is 2.40. The Bertz CT molecular complexity index is 647. The van der Waals surface area contributed by atoms with Gasteiger partial charge >= 0.3 is 0 Å². The molecule has 0 aliphatic carbocycles. The first-order valence-electron chi connectivity index (χ1n) is 18.7. The number of alkyl halides is 1. The van der Waals surface area contributed by atoms with Crippen molar-refractivity contribution in [2.75, 3.05) is 12.5 Å². The molecule has 2 nitrogen and oxygen atoms in total. The lowest BCUT2D eigenvalue weighted by Crippen LogP contribution is -2.31. The monoisotopic (exact) mass is 619 g/mol. The van der Waals surface area contributed by atoms with Gasteiger partial charge < -0.3 is 9.47 Å². The van der Waals surface area contributed by atoms with Gasteiger partial charge in [-0.15, -0.1) is 11.6 Å². The predicted molar refractivity (Wildman–Crippen MR) is 192 cm³/mol. The smallest absolute Gasteiger partial charge is 0.168 e. The maximum atomic E-state index is 6.37. The highest BCUT2D eigenvalue weighted by molar-refractivity contribution is 6.18. The number of hydrogen-bond acceptors (Lipinski definition) is 2. The summed E-state index contributed by atoms with van der Waals surface area (Å²) in [6, 6.07) is 0. The standard InChI is InChI=1S/C40H71ClO2/c1-3-5-7-9-11-13-15-17-19-21-23-25-27-29-31-33-35-40(42-38-39(37-41)43-40)36-34-32-30-28-26-24-22-20-18-16-14-12-10-8-6-4-2/h11-14,17-20,39H,3-10,15-16,21-38H2,1-2H3/t39-,40?/m0/s1. The molecule has 0 unspecified atom stereocenters. The first kappa shape index (κ1) is 40.2. The molecular formula is C40H71ClO2. The molecule has 1 aliphatic heterocycles. The van der Waals surface area contributed by atoms with Crippen molar-refractivity contribution in [3.05, 3.63) is 48.6 Å². The third kappa shape index (κ3) is 25.1. The average molecular weight is 619 g/mol. The second kappa shape index (κ2) is 31.2. The Morgan fingerprint density at radius 3 is 1.26 bits per heavy atom. The highest BCUT2D eigenvalue weighted by atomic mass is 35.5. The lowest BCUT2D eigenvalue weighted by molar-refractivity contribution is -0.177. The minimum atomic E-state index is -0.371. The molecule has 0 N–H and O–H groups in total. The molecule has 3 heteroatoms. The van der Waals surface area contributed by atoms with Crippen LogP contribution in [0.4, 0.5) is 0 Å². The van der Waals surface area contributed by atoms with Crippen LogP contribution in [0.3, 0.4) is 0 Å². The van der Waals surface area contributed by atoms with E-state index in [-0.39, 0.29) is 11.9 Å². The van der Waals surface area contributed by atoms with Gasteiger partial charge in [-0.3, -0.25) is 0 Å². The molecule has 1 heterocycles. The fourth-order valence-corrected chi connectivity index (χ4v) is 6.00. The van der Waals surface area contributed by atoms with E-state index in [1.54, 1.807) is 0 Å². The fourth-order valence-electron chi connectivity index (χ4n) is 5.84. The van der Waals surface area contributed by atoms with Gasteiger partial charge in [0.2, 0.25) is 0 Å². The van der Waals surface area contributed by atoms with E-state index >= 15 is 0 Å². The number of allylic oxidation sites excluding steroid dienone is 8. The molecule has 0 saturated carbocycles. The van der Waals surface area contributed by atoms with Crippen LogP contribution in [0.5, 0.6) is 0 Å². The quantitative estimate of drug-likeness (QED) is 0.0437. The lowest BCUT2D eigenvalue weighted by atomic mass is 9.98. The summed E-state index contributed by atoms with van der Waals surface area (Å²) < 4.78 is 12.6. The molecule has 0 aromatic rings. The number of hydrogen-bond donors (Lipinski definition) is 0. The van der Waals surface area contributed by atoms with Crippen molar-refractivity contribution in [2.24, 2.45) is 0 Å². The van der Waals surface area contributed by atoms with Crippen molar-refractivity contribution in [2.45, 2.75) is 193 Å². The number of rotatable bonds is 31. The summed E-state index contributed by atoms with van der Waals surface area (Å²) in [5, 5.41) is 0. The molecular weight excluding hydrogens is 548 g/mol. The summed E-state index contributed by atoms with van der Waals surface area (Å²) in [5.41, 5.74) is 0. The molecule has 43 heavy (non-hydrogen) atoms. The topological polar surface area (TPSA) is 18.5 Å². The van der Waals surface area contributed by atoms with E-state index in [1.807, 2.05) is 0 Å². The van der Waals surface area contributed by atoms with Crippen LogP contribution in [-0.4, -0.2) is 24.4 Å². The molecule has 0 aromatic carbocycles. The fraction of sp³-hybridized carbons (Fsp3) is 0.800. The van der Waals surface area contributed by atoms with Gasteiger partial charge in [-0.1, -0.05) is 140 Å². The van der Waals surface area contributed by atoms with Crippen molar-refractivity contribution in [1.29, 1.82) is 0 Å². The van der Waals surface area contributed by atoms with Crippen molar-refractivity contribution >= 4 is 11.6 Å². The minimum absolute atomic E-state index is 0.0656. The van der Waals surface area contributed by atoms with Crippen molar-refractivity contribution in [1.82, 2.24) is 0 Å². The molecule has 1 fully saturated rings. The number of unbranched alkanes of at least 4 members (excludes halogenated alkanes) is 18. The van der Waals surface area contributed by atoms with Crippen LogP contribution in [0.1, 0.15) is 181 Å². The molecule has 0 radical (unpaired) electrons. The zero-order valence-electron chi connectivity index (χ0n) is 28.7. The summed E-state index contributed by atoms with van der Waals surface area (Å²) in [5.74, 6) is 0.166. The maximum Gasteiger partial charge on any atom is 0.168 e. The molecule has 1 saturated heterocycles. The van der Waals surface area contributed by atoms with Gasteiger partial charge in [0, 0.05) is 12.8 Å². The van der Waals surface area contributed by atoms with Gasteiger partial charge in [0.25, 0.3) is 0 Å². The summed E-state index contributed by atoms with van der Waals surface area (Å²) in [4.78, 5) is 0. The van der Waals surface area contributed by atoms with Crippen LogP contribution in [-0.2, 0) is 9.47 Å². The molecule has 1 aliphatic rings. The number of halogens is 1. The molecule has 0 amide bonds. The van der Waals surface area contributed by atoms with Crippen molar-refractivity contribution < 1.29 is 9.47 Å². The van der Waals surface area contributed by atoms with Crippen LogP contribution in [0, 0.1) is 0 Å². The zero-order chi connectivity index (χ0) is 30.9. The maximum absolute atomic E-state index is 6.37. The zero-order valence-corrected chi connectivity index (χ0v) is 29.4. The van der Waals surface area contributed by atoms with Crippen LogP contribution < -0.4 is 0 Å². The normalized spacial score (nSPS) is 19.4. The summed E-state index contributed by atoms with van der Waals surface area (Å²) in [6.45, 7) is 5.19. The van der Waals surface area contributed by atoms with Gasteiger partial charge in [0.05, 0.1) is 18.6 Å². The van der Waals surface area contributed by atoms with Crippen LogP contribution in [0.2, 0.25) is 0 Å². The Balaban J connectivity index is 2.04. The average Bonchev–Trinajstić information content (AvgIpc) is 3.44. The second-order valence-corrected chi connectivity index (χ2v) is 13.1. The third-order valence-electron chi connectivity index (χ3n) is 8.60. The second-order valence-electron chi connectivity index (χ2n) is 12.8. The van der Waals surface area contributed by atoms with Crippen LogP contribution >= 0.6 is 11.6 Å². The van der Waals surface area contributed by atoms with Gasteiger partial charge in [-0.25, -0.2) is 0 Å². The van der Waals surface area contributed by atoms with Crippen molar-refractivity contribution in [3.8, 4) is 0 Å². The third-order valence-corrected chi connectivity index (χ3v) is 8.95. The summed E-state index contributed by atoms with van der Waals surface area (Å²) in [6.07, 6.45) is 51.6. The highest BCUT2D eigenvalue weighted by Crippen LogP contribution is 2.35. The van der Waals surface area contributed by atoms with Gasteiger partial charge in [-0.2, -0.15) is 0 Å². The summed E-state index contributed by atoms with van der Waals surface area (Å²) in [7, 11) is 0. The molecule has 0 aromatic heterocycles. The molecule has 0 spiro atoms. The Morgan fingerprint density at radius 2 is 0.884 bits per heavy atom. The Kier molecular flexibility index (Phi) is 29.1. The minimum Gasteiger partial charge on any atom is -0.347 e. The SMILES string of the molecule is CCCCCC=CCC=CCCCCCCCCC1(CCCCCCCCC=CCC=CCCCCC)OC[C@H](CCl)O1. The van der Waals surface area contributed by atoms with Crippen LogP contribution in [0.25, 0.3) is 0 Å². The van der Waals surface area contributed by atoms with Crippen LogP contribution in [0.15, 0.2) is 48.6 Å². The number of ether oxygens (including phenoxy) is 2. The van der Waals surface area contributed by atoms with E-state index in [4.69, 9.17) is 21.1 Å². The largest absolute Gasteiger partial charge is 0.347 e. The lowest BCUT2D eigenvalue weighted by Gasteiger charge is -2.28. The van der Waals surface area contributed by atoms with Gasteiger partial charge in [0.1, 0.15) is 0 Å². The van der Waals surface area contributed by atoms with E-state index in [2.05, 4.69) is 62.5 Å². The predicted octanol–water partition coefficient (Wildman–Crippen LogP) is 13.7. The van der Waals surface area contributed by atoms with Gasteiger partial charge in [-0.05, 0) is 77.0 Å². The molecule has 250 valence electrons. The van der Waals surface area contributed by atoms with Crippen molar-refractivity contribution in [3.63, 3.8) is 0 Å². The van der Waals surface area contributed by atoms with Gasteiger partial charge in [0.15, 0.2) is 5.79 Å². The first-order valence-corrected chi connectivity index (χ1v) is 19.3.